The highest BCUT2D eigenvalue weighted by atomic mass is 19.1. The molecule has 3 heteroatoms. The van der Waals surface area contributed by atoms with Crippen LogP contribution < -0.4 is 0 Å². The van der Waals surface area contributed by atoms with Crippen molar-refractivity contribution in [2.45, 2.75) is 32.0 Å². The largest absolute Gasteiger partial charge is 0.389 e. The molecule has 0 radical (unpaired) electrons. The first kappa shape index (κ1) is 8.94. The van der Waals surface area contributed by atoms with Crippen LogP contribution in [-0.2, 0) is 0 Å². The van der Waals surface area contributed by atoms with E-state index in [1.165, 1.54) is 0 Å². The molecule has 0 amide bonds. The van der Waals surface area contributed by atoms with Crippen LogP contribution >= 0.6 is 0 Å². The molecule has 1 heterocycles. The zero-order chi connectivity index (χ0) is 8.27. The Labute approximate surface area is 67.0 Å². The molecule has 1 saturated heterocycles. The Hall–Kier alpha value is -0.150. The minimum atomic E-state index is -1.02. The first-order chi connectivity index (χ1) is 5.24. The lowest BCUT2D eigenvalue weighted by Crippen LogP contribution is -2.22. The van der Waals surface area contributed by atoms with Gasteiger partial charge in [-0.15, -0.1) is 0 Å². The molecular weight excluding hydrogens is 145 g/mol. The number of hydrogen-bond acceptors (Lipinski definition) is 2. The van der Waals surface area contributed by atoms with Crippen molar-refractivity contribution in [1.29, 1.82) is 0 Å². The van der Waals surface area contributed by atoms with Crippen molar-refractivity contribution < 1.29 is 9.50 Å². The first-order valence-electron chi connectivity index (χ1n) is 4.28. The highest BCUT2D eigenvalue weighted by molar-refractivity contribution is 4.83. The van der Waals surface area contributed by atoms with Gasteiger partial charge >= 0.3 is 0 Å². The third-order valence-corrected chi connectivity index (χ3v) is 2.12. The van der Waals surface area contributed by atoms with E-state index >= 15 is 0 Å². The van der Waals surface area contributed by atoms with E-state index in [-0.39, 0.29) is 0 Å². The molecule has 1 aliphatic rings. The average Bonchev–Trinajstić information content (AvgIpc) is 2.28. The number of halogens is 1. The van der Waals surface area contributed by atoms with Crippen LogP contribution in [0.1, 0.15) is 19.8 Å². The summed E-state index contributed by atoms with van der Waals surface area (Å²) in [4.78, 5) is 1.98. The van der Waals surface area contributed by atoms with Gasteiger partial charge in [-0.3, -0.25) is 4.90 Å². The van der Waals surface area contributed by atoms with Crippen molar-refractivity contribution in [2.75, 3.05) is 19.6 Å². The van der Waals surface area contributed by atoms with Gasteiger partial charge in [0.05, 0.1) is 6.10 Å². The van der Waals surface area contributed by atoms with Gasteiger partial charge in [0.2, 0.25) is 0 Å². The Morgan fingerprint density at radius 2 is 2.27 bits per heavy atom. The summed E-state index contributed by atoms with van der Waals surface area (Å²) in [6.07, 6.45) is 0.460. The zero-order valence-electron chi connectivity index (χ0n) is 6.96. The Bertz CT molecular complexity index is 111. The number of aliphatic hydroxyl groups excluding tert-OH is 1. The molecule has 0 aromatic carbocycles. The number of nitrogens with zero attached hydrogens (tertiary/aromatic N) is 1. The van der Waals surface area contributed by atoms with Gasteiger partial charge in [-0.1, -0.05) is 13.3 Å². The van der Waals surface area contributed by atoms with Crippen molar-refractivity contribution >= 4 is 0 Å². The number of likely N-dealkylation sites (tertiary alicyclic amines) is 1. The summed E-state index contributed by atoms with van der Waals surface area (Å²) in [7, 11) is 0. The standard InChI is InChI=1S/C8H16FNO/c1-2-3-4-10-5-7(9)8(11)6-10/h7-8,11H,2-6H2,1H3. The maximum Gasteiger partial charge on any atom is 0.140 e. The molecule has 1 fully saturated rings. The lowest BCUT2D eigenvalue weighted by molar-refractivity contribution is 0.116. The van der Waals surface area contributed by atoms with Crippen molar-refractivity contribution in [1.82, 2.24) is 4.90 Å². The highest BCUT2D eigenvalue weighted by Crippen LogP contribution is 2.13. The molecule has 0 aromatic heterocycles. The van der Waals surface area contributed by atoms with Gasteiger partial charge in [0.15, 0.2) is 0 Å². The molecule has 1 N–H and O–H groups in total. The number of β-amino-alcohol motifs (C(OH)–C–C–N with tert-alkyl or cyclic N) is 1. The fourth-order valence-electron chi connectivity index (χ4n) is 1.39. The second-order valence-electron chi connectivity index (χ2n) is 3.20. The number of rotatable bonds is 3. The quantitative estimate of drug-likeness (QED) is 0.662. The number of hydrogen-bond donors (Lipinski definition) is 1. The average molecular weight is 161 g/mol. The Kier molecular flexibility index (Phi) is 3.27. The van der Waals surface area contributed by atoms with Crippen LogP contribution in [0, 0.1) is 0 Å². The van der Waals surface area contributed by atoms with E-state index in [4.69, 9.17) is 5.11 Å². The Morgan fingerprint density at radius 1 is 1.55 bits per heavy atom. The molecule has 0 saturated carbocycles. The van der Waals surface area contributed by atoms with Crippen LogP contribution in [0.4, 0.5) is 4.39 Å². The van der Waals surface area contributed by atoms with E-state index in [2.05, 4.69) is 6.92 Å². The second-order valence-corrected chi connectivity index (χ2v) is 3.20. The Balaban J connectivity index is 2.18. The minimum absolute atomic E-state index is 0.418. The van der Waals surface area contributed by atoms with E-state index in [9.17, 15) is 4.39 Å². The van der Waals surface area contributed by atoms with Gasteiger partial charge in [0.1, 0.15) is 6.17 Å². The van der Waals surface area contributed by atoms with Crippen molar-refractivity contribution in [3.8, 4) is 0 Å². The first-order valence-corrected chi connectivity index (χ1v) is 4.28. The summed E-state index contributed by atoms with van der Waals surface area (Å²) >= 11 is 0. The van der Waals surface area contributed by atoms with Gasteiger partial charge in [-0.05, 0) is 13.0 Å². The number of unbranched alkanes of at least 4 members (excludes halogenated alkanes) is 1. The maximum atomic E-state index is 12.7. The summed E-state index contributed by atoms with van der Waals surface area (Å²) in [5.74, 6) is 0. The lowest BCUT2D eigenvalue weighted by atomic mass is 10.3. The van der Waals surface area contributed by atoms with Crippen LogP contribution in [0.3, 0.4) is 0 Å². The van der Waals surface area contributed by atoms with Gasteiger partial charge in [0, 0.05) is 13.1 Å². The predicted octanol–water partition coefficient (Wildman–Crippen LogP) is 0.801. The van der Waals surface area contributed by atoms with Crippen molar-refractivity contribution in [2.24, 2.45) is 0 Å². The van der Waals surface area contributed by atoms with Gasteiger partial charge in [-0.2, -0.15) is 0 Å². The van der Waals surface area contributed by atoms with Crippen LogP contribution in [0.25, 0.3) is 0 Å². The third-order valence-electron chi connectivity index (χ3n) is 2.12. The summed E-state index contributed by atoms with van der Waals surface area (Å²) in [6.45, 7) is 3.97. The fraction of sp³-hybridized carbons (Fsp3) is 1.00. The molecule has 1 aliphatic heterocycles. The predicted molar refractivity (Wildman–Crippen MR) is 42.3 cm³/mol. The van der Waals surface area contributed by atoms with Crippen LogP contribution in [0.5, 0.6) is 0 Å². The van der Waals surface area contributed by atoms with Crippen molar-refractivity contribution in [3.63, 3.8) is 0 Å². The molecule has 2 atom stereocenters. The topological polar surface area (TPSA) is 23.5 Å². The summed E-state index contributed by atoms with van der Waals surface area (Å²) in [6, 6.07) is 0. The van der Waals surface area contributed by atoms with E-state index in [1.54, 1.807) is 0 Å². The molecule has 1 rings (SSSR count). The van der Waals surface area contributed by atoms with Gasteiger partial charge < -0.3 is 5.11 Å². The molecule has 66 valence electrons. The van der Waals surface area contributed by atoms with E-state index in [0.717, 1.165) is 19.4 Å². The second kappa shape index (κ2) is 4.02. The maximum absolute atomic E-state index is 12.7. The zero-order valence-corrected chi connectivity index (χ0v) is 6.96. The fourth-order valence-corrected chi connectivity index (χ4v) is 1.39. The normalized spacial score (nSPS) is 33.0. The summed E-state index contributed by atoms with van der Waals surface area (Å²) in [5, 5.41) is 9.05. The van der Waals surface area contributed by atoms with Crippen LogP contribution in [0.2, 0.25) is 0 Å². The third kappa shape index (κ3) is 2.42. The van der Waals surface area contributed by atoms with Crippen LogP contribution in [-0.4, -0.2) is 41.9 Å². The SMILES string of the molecule is CCCCN1CC(O)C(F)C1. The van der Waals surface area contributed by atoms with Crippen LogP contribution in [0.15, 0.2) is 0 Å². The van der Waals surface area contributed by atoms with Gasteiger partial charge in [-0.25, -0.2) is 4.39 Å². The molecular formula is C8H16FNO. The molecule has 0 aliphatic carbocycles. The lowest BCUT2D eigenvalue weighted by Gasteiger charge is -2.12. The number of alkyl halides is 1. The van der Waals surface area contributed by atoms with E-state index in [0.29, 0.717) is 13.1 Å². The van der Waals surface area contributed by atoms with Crippen molar-refractivity contribution in [3.05, 3.63) is 0 Å². The molecule has 0 spiro atoms. The van der Waals surface area contributed by atoms with Gasteiger partial charge in [0.25, 0.3) is 0 Å². The highest BCUT2D eigenvalue weighted by Gasteiger charge is 2.30. The molecule has 0 bridgehead atoms. The Morgan fingerprint density at radius 3 is 2.73 bits per heavy atom. The van der Waals surface area contributed by atoms with E-state index in [1.807, 2.05) is 4.90 Å². The smallest absolute Gasteiger partial charge is 0.140 e. The molecule has 2 nitrogen and oxygen atoms in total. The molecule has 2 unspecified atom stereocenters. The van der Waals surface area contributed by atoms with E-state index < -0.39 is 12.3 Å². The number of aliphatic hydroxyl groups is 1. The minimum Gasteiger partial charge on any atom is -0.389 e. The monoisotopic (exact) mass is 161 g/mol. The summed E-state index contributed by atoms with van der Waals surface area (Å²) in [5.41, 5.74) is 0. The molecule has 0 aromatic rings. The molecule has 11 heavy (non-hydrogen) atoms. The summed E-state index contributed by atoms with van der Waals surface area (Å²) < 4.78 is 12.7.